The zero-order valence-corrected chi connectivity index (χ0v) is 15.5. The third kappa shape index (κ3) is 3.34. The van der Waals surface area contributed by atoms with E-state index in [-0.39, 0.29) is 17.2 Å². The van der Waals surface area contributed by atoms with Crippen LogP contribution in [-0.4, -0.2) is 66.9 Å². The van der Waals surface area contributed by atoms with Crippen molar-refractivity contribution in [3.63, 3.8) is 0 Å². The van der Waals surface area contributed by atoms with Gasteiger partial charge in [-0.3, -0.25) is 9.59 Å². The van der Waals surface area contributed by atoms with Gasteiger partial charge < -0.3 is 14.7 Å². The first-order valence-corrected chi connectivity index (χ1v) is 9.19. The van der Waals surface area contributed by atoms with E-state index in [2.05, 4.69) is 11.9 Å². The largest absolute Gasteiger partial charge is 0.363 e. The van der Waals surface area contributed by atoms with Gasteiger partial charge in [0.15, 0.2) is 0 Å². The molecular formula is C19H28N4O2. The molecule has 2 fully saturated rings. The van der Waals surface area contributed by atoms with Gasteiger partial charge in [0.05, 0.1) is 11.0 Å². The highest BCUT2D eigenvalue weighted by molar-refractivity contribution is 5.95. The molecule has 2 saturated heterocycles. The number of rotatable bonds is 4. The summed E-state index contributed by atoms with van der Waals surface area (Å²) < 4.78 is 0. The Hall–Kier alpha value is -2.11. The van der Waals surface area contributed by atoms with Gasteiger partial charge in [0.1, 0.15) is 5.82 Å². The molecule has 0 aromatic carbocycles. The standard InChI is InChI=1S/C19H28N4O2/c1-4-10-22-11-5-8-19(18(22)25)9-12-23(14-19)17(24)15-6-7-16(20-13-15)21(2)3/h6-7,13H,4-5,8-12,14H2,1-3H3/t19-/m1/s1. The molecule has 6 heteroatoms. The number of aromatic nitrogens is 1. The fourth-order valence-corrected chi connectivity index (χ4v) is 4.02. The van der Waals surface area contributed by atoms with Gasteiger partial charge in [0, 0.05) is 46.5 Å². The van der Waals surface area contributed by atoms with E-state index >= 15 is 0 Å². The molecule has 0 aliphatic carbocycles. The van der Waals surface area contributed by atoms with Gasteiger partial charge in [-0.05, 0) is 37.8 Å². The maximum atomic E-state index is 12.9. The summed E-state index contributed by atoms with van der Waals surface area (Å²) in [7, 11) is 3.84. The Labute approximate surface area is 149 Å². The van der Waals surface area contributed by atoms with Crippen LogP contribution < -0.4 is 4.90 Å². The second-order valence-electron chi connectivity index (χ2n) is 7.45. The molecule has 0 radical (unpaired) electrons. The van der Waals surface area contributed by atoms with E-state index in [1.165, 1.54) is 0 Å². The third-order valence-electron chi connectivity index (χ3n) is 5.41. The van der Waals surface area contributed by atoms with Gasteiger partial charge in [-0.25, -0.2) is 4.98 Å². The smallest absolute Gasteiger partial charge is 0.255 e. The number of nitrogens with zero attached hydrogens (tertiary/aromatic N) is 4. The Balaban J connectivity index is 1.71. The summed E-state index contributed by atoms with van der Waals surface area (Å²) in [5.74, 6) is 1.05. The number of amides is 2. The molecule has 1 spiro atoms. The molecule has 2 aliphatic heterocycles. The Morgan fingerprint density at radius 1 is 1.28 bits per heavy atom. The minimum absolute atomic E-state index is 0.0184. The summed E-state index contributed by atoms with van der Waals surface area (Å²) in [6.45, 7) is 4.98. The topological polar surface area (TPSA) is 56.8 Å². The molecule has 25 heavy (non-hydrogen) atoms. The Morgan fingerprint density at radius 2 is 2.08 bits per heavy atom. The lowest BCUT2D eigenvalue weighted by atomic mass is 9.78. The highest BCUT2D eigenvalue weighted by Gasteiger charge is 2.49. The van der Waals surface area contributed by atoms with Gasteiger partial charge in [-0.15, -0.1) is 0 Å². The molecule has 2 amide bonds. The summed E-state index contributed by atoms with van der Waals surface area (Å²) >= 11 is 0. The van der Waals surface area contributed by atoms with Crippen molar-refractivity contribution >= 4 is 17.6 Å². The summed E-state index contributed by atoms with van der Waals surface area (Å²) in [6.07, 6.45) is 5.32. The normalized spacial score (nSPS) is 23.4. The number of carbonyl (C=O) groups is 2. The van der Waals surface area contributed by atoms with Crippen molar-refractivity contribution in [2.75, 3.05) is 45.2 Å². The number of piperidine rings is 1. The summed E-state index contributed by atoms with van der Waals surface area (Å²) in [5, 5.41) is 0. The number of anilines is 1. The second-order valence-corrected chi connectivity index (χ2v) is 7.45. The van der Waals surface area contributed by atoms with Crippen LogP contribution in [0.2, 0.25) is 0 Å². The van der Waals surface area contributed by atoms with Crippen molar-refractivity contribution in [1.82, 2.24) is 14.8 Å². The Bertz CT molecular complexity index is 641. The van der Waals surface area contributed by atoms with Crippen molar-refractivity contribution < 1.29 is 9.59 Å². The molecule has 0 saturated carbocycles. The first kappa shape index (κ1) is 17.7. The lowest BCUT2D eigenvalue weighted by Gasteiger charge is -2.39. The van der Waals surface area contributed by atoms with Crippen LogP contribution in [0.1, 0.15) is 43.0 Å². The van der Waals surface area contributed by atoms with E-state index in [0.29, 0.717) is 18.7 Å². The third-order valence-corrected chi connectivity index (χ3v) is 5.41. The van der Waals surface area contributed by atoms with E-state index in [1.807, 2.05) is 40.9 Å². The molecule has 2 aliphatic rings. The van der Waals surface area contributed by atoms with Gasteiger partial charge in [0.25, 0.3) is 5.91 Å². The van der Waals surface area contributed by atoms with Gasteiger partial charge in [-0.2, -0.15) is 0 Å². The van der Waals surface area contributed by atoms with E-state index in [0.717, 1.165) is 44.6 Å². The average molecular weight is 344 g/mol. The van der Waals surface area contributed by atoms with Crippen molar-refractivity contribution in [1.29, 1.82) is 0 Å². The number of hydrogen-bond donors (Lipinski definition) is 0. The van der Waals surface area contributed by atoms with Crippen LogP contribution >= 0.6 is 0 Å². The summed E-state index contributed by atoms with van der Waals surface area (Å²) in [4.78, 5) is 35.8. The molecule has 6 nitrogen and oxygen atoms in total. The van der Waals surface area contributed by atoms with Gasteiger partial charge >= 0.3 is 0 Å². The van der Waals surface area contributed by atoms with E-state index in [4.69, 9.17) is 0 Å². The van der Waals surface area contributed by atoms with Crippen molar-refractivity contribution in [2.45, 2.75) is 32.6 Å². The molecule has 1 atom stereocenters. The SMILES string of the molecule is CCCN1CCC[C@]2(CCN(C(=O)c3ccc(N(C)C)nc3)C2)C1=O. The zero-order chi connectivity index (χ0) is 18.0. The maximum absolute atomic E-state index is 12.9. The molecule has 1 aromatic heterocycles. The van der Waals surface area contributed by atoms with Crippen LogP contribution in [0.15, 0.2) is 18.3 Å². The fraction of sp³-hybridized carbons (Fsp3) is 0.632. The lowest BCUT2D eigenvalue weighted by Crippen LogP contribution is -2.50. The number of likely N-dealkylation sites (tertiary alicyclic amines) is 2. The zero-order valence-electron chi connectivity index (χ0n) is 15.5. The predicted octanol–water partition coefficient (Wildman–Crippen LogP) is 2.01. The number of pyridine rings is 1. The molecule has 0 unspecified atom stereocenters. The molecule has 136 valence electrons. The van der Waals surface area contributed by atoms with Crippen molar-refractivity contribution in [3.05, 3.63) is 23.9 Å². The summed E-state index contributed by atoms with van der Waals surface area (Å²) in [5.41, 5.74) is 0.233. The van der Waals surface area contributed by atoms with Crippen LogP contribution in [0.4, 0.5) is 5.82 Å². The van der Waals surface area contributed by atoms with Crippen molar-refractivity contribution in [3.8, 4) is 0 Å². The van der Waals surface area contributed by atoms with Crippen LogP contribution in [-0.2, 0) is 4.79 Å². The first-order valence-electron chi connectivity index (χ1n) is 9.19. The van der Waals surface area contributed by atoms with Gasteiger partial charge in [0.2, 0.25) is 5.91 Å². The van der Waals surface area contributed by atoms with E-state index in [9.17, 15) is 9.59 Å². The predicted molar refractivity (Wildman–Crippen MR) is 97.6 cm³/mol. The maximum Gasteiger partial charge on any atom is 0.255 e. The molecule has 1 aromatic rings. The monoisotopic (exact) mass is 344 g/mol. The highest BCUT2D eigenvalue weighted by Crippen LogP contribution is 2.40. The second kappa shape index (κ2) is 7.02. The minimum atomic E-state index is -0.361. The Kier molecular flexibility index (Phi) is 4.97. The fourth-order valence-electron chi connectivity index (χ4n) is 4.02. The average Bonchev–Trinajstić information content (AvgIpc) is 3.04. The number of carbonyl (C=O) groups excluding carboxylic acids is 2. The van der Waals surface area contributed by atoms with E-state index < -0.39 is 0 Å². The van der Waals surface area contributed by atoms with Crippen LogP contribution in [0, 0.1) is 5.41 Å². The van der Waals surface area contributed by atoms with Crippen LogP contribution in [0.5, 0.6) is 0 Å². The molecule has 3 heterocycles. The highest BCUT2D eigenvalue weighted by atomic mass is 16.2. The molecule has 0 N–H and O–H groups in total. The van der Waals surface area contributed by atoms with Gasteiger partial charge in [-0.1, -0.05) is 6.92 Å². The number of hydrogen-bond acceptors (Lipinski definition) is 4. The first-order chi connectivity index (χ1) is 12.0. The summed E-state index contributed by atoms with van der Waals surface area (Å²) in [6, 6.07) is 3.68. The molecular weight excluding hydrogens is 316 g/mol. The molecule has 0 bridgehead atoms. The van der Waals surface area contributed by atoms with Crippen LogP contribution in [0.3, 0.4) is 0 Å². The van der Waals surface area contributed by atoms with Crippen molar-refractivity contribution in [2.24, 2.45) is 5.41 Å². The van der Waals surface area contributed by atoms with Crippen LogP contribution in [0.25, 0.3) is 0 Å². The molecule has 3 rings (SSSR count). The van der Waals surface area contributed by atoms with E-state index in [1.54, 1.807) is 6.20 Å². The lowest BCUT2D eigenvalue weighted by molar-refractivity contribution is -0.145. The minimum Gasteiger partial charge on any atom is -0.363 e. The Morgan fingerprint density at radius 3 is 2.72 bits per heavy atom. The quantitative estimate of drug-likeness (QED) is 0.838.